The molecule has 1 aromatic carbocycles. The highest BCUT2D eigenvalue weighted by molar-refractivity contribution is 9.08. The van der Waals surface area contributed by atoms with Crippen molar-refractivity contribution < 1.29 is 10.2 Å². The fraction of sp³-hybridized carbons (Fsp3) is 0.333. The first-order valence-electron chi connectivity index (χ1n) is 3.66. The zero-order valence-corrected chi connectivity index (χ0v) is 8.37. The number of halogens is 1. The first-order valence-corrected chi connectivity index (χ1v) is 4.79. The van der Waals surface area contributed by atoms with Crippen LogP contribution in [-0.4, -0.2) is 23.4 Å². The zero-order chi connectivity index (χ0) is 9.23. The van der Waals surface area contributed by atoms with Crippen molar-refractivity contribution in [2.24, 2.45) is 0 Å². The molecule has 1 aromatic rings. The van der Waals surface area contributed by atoms with Gasteiger partial charge in [-0.25, -0.2) is 0 Å². The van der Waals surface area contributed by atoms with Crippen molar-refractivity contribution in [3.05, 3.63) is 35.9 Å². The highest BCUT2D eigenvalue weighted by Crippen LogP contribution is 2.02. The molecule has 0 spiro atoms. The molecule has 0 radical (unpaired) electrons. The summed E-state index contributed by atoms with van der Waals surface area (Å²) in [4.78, 5) is 0. The second-order valence-electron chi connectivity index (χ2n) is 2.07. The van der Waals surface area contributed by atoms with Crippen LogP contribution in [0.3, 0.4) is 0 Å². The van der Waals surface area contributed by atoms with Crippen molar-refractivity contribution in [3.63, 3.8) is 0 Å². The summed E-state index contributed by atoms with van der Waals surface area (Å²) in [5.74, 6) is 0. The maximum absolute atomic E-state index is 7.62. The largest absolute Gasteiger partial charge is 0.394 e. The van der Waals surface area contributed by atoms with Crippen LogP contribution in [0.5, 0.6) is 0 Å². The number of alkyl halides is 1. The Kier molecular flexibility index (Phi) is 8.44. The lowest BCUT2D eigenvalue weighted by Gasteiger charge is -1.88. The maximum Gasteiger partial charge on any atom is 0.0662 e. The van der Waals surface area contributed by atoms with E-state index in [2.05, 4.69) is 28.1 Å². The van der Waals surface area contributed by atoms with Crippen molar-refractivity contribution in [2.75, 3.05) is 13.2 Å². The highest BCUT2D eigenvalue weighted by atomic mass is 79.9. The molecule has 12 heavy (non-hydrogen) atoms. The van der Waals surface area contributed by atoms with Crippen molar-refractivity contribution >= 4 is 15.9 Å². The summed E-state index contributed by atoms with van der Waals surface area (Å²) in [5, 5.41) is 16.2. The lowest BCUT2D eigenvalue weighted by Crippen LogP contribution is -1.85. The van der Waals surface area contributed by atoms with E-state index in [0.29, 0.717) is 0 Å². The summed E-state index contributed by atoms with van der Waals surface area (Å²) in [6.45, 7) is -0.250. The third-order valence-electron chi connectivity index (χ3n) is 1.10. The fourth-order valence-electron chi connectivity index (χ4n) is 0.567. The summed E-state index contributed by atoms with van der Waals surface area (Å²) >= 11 is 3.36. The van der Waals surface area contributed by atoms with E-state index >= 15 is 0 Å². The second kappa shape index (κ2) is 8.71. The summed E-state index contributed by atoms with van der Waals surface area (Å²) in [7, 11) is 0. The van der Waals surface area contributed by atoms with Crippen molar-refractivity contribution in [1.82, 2.24) is 0 Å². The van der Waals surface area contributed by atoms with Crippen molar-refractivity contribution in [2.45, 2.75) is 5.33 Å². The molecule has 0 fully saturated rings. The van der Waals surface area contributed by atoms with Gasteiger partial charge in [0.25, 0.3) is 0 Å². The molecule has 0 aromatic heterocycles. The minimum absolute atomic E-state index is 0.125. The lowest BCUT2D eigenvalue weighted by molar-refractivity contribution is 0.186. The quantitative estimate of drug-likeness (QED) is 0.761. The second-order valence-corrected chi connectivity index (χ2v) is 2.63. The Bertz CT molecular complexity index is 175. The number of benzene rings is 1. The Balaban J connectivity index is 0.000000261. The minimum Gasteiger partial charge on any atom is -0.394 e. The number of hydrogen-bond donors (Lipinski definition) is 2. The van der Waals surface area contributed by atoms with Gasteiger partial charge in [-0.1, -0.05) is 46.3 Å². The average molecular weight is 233 g/mol. The molecular weight excluding hydrogens is 220 g/mol. The first kappa shape index (κ1) is 11.6. The standard InChI is InChI=1S/C7H7Br.C2H6O2/c8-6-7-4-2-1-3-5-7;3-1-2-4/h1-5H,6H2;3-4H,1-2H2. The molecule has 0 heterocycles. The monoisotopic (exact) mass is 232 g/mol. The molecule has 2 N–H and O–H groups in total. The number of rotatable bonds is 2. The van der Waals surface area contributed by atoms with Gasteiger partial charge in [0.1, 0.15) is 0 Å². The Hall–Kier alpha value is -0.380. The molecule has 0 saturated heterocycles. The Morgan fingerprint density at radius 3 is 1.75 bits per heavy atom. The zero-order valence-electron chi connectivity index (χ0n) is 6.78. The van der Waals surface area contributed by atoms with Gasteiger partial charge in [-0.2, -0.15) is 0 Å². The van der Waals surface area contributed by atoms with Gasteiger partial charge in [-0.3, -0.25) is 0 Å². The third-order valence-corrected chi connectivity index (χ3v) is 1.74. The number of aliphatic hydroxyl groups is 2. The molecule has 1 rings (SSSR count). The van der Waals surface area contributed by atoms with Crippen LogP contribution < -0.4 is 0 Å². The van der Waals surface area contributed by atoms with Gasteiger partial charge >= 0.3 is 0 Å². The van der Waals surface area contributed by atoms with E-state index in [1.54, 1.807) is 0 Å². The molecule has 0 aliphatic carbocycles. The van der Waals surface area contributed by atoms with Crippen LogP contribution in [0.1, 0.15) is 5.56 Å². The molecule has 0 atom stereocenters. The molecule has 0 bridgehead atoms. The van der Waals surface area contributed by atoms with E-state index in [0.717, 1.165) is 5.33 Å². The molecule has 0 saturated carbocycles. The maximum atomic E-state index is 7.62. The predicted molar refractivity (Wildman–Crippen MR) is 53.2 cm³/mol. The molecule has 2 nitrogen and oxygen atoms in total. The Labute approximate surface area is 81.0 Å². The average Bonchev–Trinajstić information content (AvgIpc) is 2.19. The van der Waals surface area contributed by atoms with Gasteiger partial charge in [-0.05, 0) is 5.56 Å². The van der Waals surface area contributed by atoms with E-state index in [9.17, 15) is 0 Å². The number of aliphatic hydroxyl groups excluding tert-OH is 2. The smallest absolute Gasteiger partial charge is 0.0662 e. The van der Waals surface area contributed by atoms with E-state index < -0.39 is 0 Å². The van der Waals surface area contributed by atoms with Crippen LogP contribution in [0.25, 0.3) is 0 Å². The van der Waals surface area contributed by atoms with E-state index in [4.69, 9.17) is 10.2 Å². The molecule has 3 heteroatoms. The van der Waals surface area contributed by atoms with Gasteiger partial charge < -0.3 is 10.2 Å². The summed E-state index contributed by atoms with van der Waals surface area (Å²) in [6, 6.07) is 10.3. The van der Waals surface area contributed by atoms with Crippen LogP contribution in [0.2, 0.25) is 0 Å². The van der Waals surface area contributed by atoms with Crippen molar-refractivity contribution in [1.29, 1.82) is 0 Å². The van der Waals surface area contributed by atoms with Gasteiger partial charge in [0.2, 0.25) is 0 Å². The van der Waals surface area contributed by atoms with Gasteiger partial charge in [0, 0.05) is 5.33 Å². The van der Waals surface area contributed by atoms with Crippen LogP contribution in [0.15, 0.2) is 30.3 Å². The molecule has 0 aliphatic heterocycles. The van der Waals surface area contributed by atoms with Gasteiger partial charge in [0.05, 0.1) is 13.2 Å². The lowest BCUT2D eigenvalue weighted by atomic mass is 10.2. The van der Waals surface area contributed by atoms with E-state index in [1.165, 1.54) is 5.56 Å². The fourth-order valence-corrected chi connectivity index (χ4v) is 0.941. The summed E-state index contributed by atoms with van der Waals surface area (Å²) < 4.78 is 0. The van der Waals surface area contributed by atoms with Crippen LogP contribution in [0.4, 0.5) is 0 Å². The summed E-state index contributed by atoms with van der Waals surface area (Å²) in [6.07, 6.45) is 0. The molecule has 0 amide bonds. The molecule has 68 valence electrons. The molecular formula is C9H13BrO2. The van der Waals surface area contributed by atoms with Crippen molar-refractivity contribution in [3.8, 4) is 0 Å². The predicted octanol–water partition coefficient (Wildman–Crippen LogP) is 1.55. The van der Waals surface area contributed by atoms with Gasteiger partial charge in [-0.15, -0.1) is 0 Å². The normalized spacial score (nSPS) is 8.58. The Morgan fingerprint density at radius 1 is 1.00 bits per heavy atom. The minimum atomic E-state index is -0.125. The van der Waals surface area contributed by atoms with Gasteiger partial charge in [0.15, 0.2) is 0 Å². The third kappa shape index (κ3) is 6.34. The van der Waals surface area contributed by atoms with E-state index in [1.807, 2.05) is 18.2 Å². The number of hydrogen-bond acceptors (Lipinski definition) is 2. The topological polar surface area (TPSA) is 40.5 Å². The molecule has 0 aliphatic rings. The van der Waals surface area contributed by atoms with Crippen LogP contribution in [-0.2, 0) is 5.33 Å². The highest BCUT2D eigenvalue weighted by Gasteiger charge is 1.81. The van der Waals surface area contributed by atoms with Crippen LogP contribution >= 0.6 is 15.9 Å². The Morgan fingerprint density at radius 2 is 1.50 bits per heavy atom. The first-order chi connectivity index (χ1) is 5.85. The molecule has 0 unspecified atom stereocenters. The van der Waals surface area contributed by atoms with Crippen LogP contribution in [0, 0.1) is 0 Å². The summed E-state index contributed by atoms with van der Waals surface area (Å²) in [5.41, 5.74) is 1.33. The SMILES string of the molecule is BrCc1ccccc1.OCCO. The van der Waals surface area contributed by atoms with E-state index in [-0.39, 0.29) is 13.2 Å².